The molecule has 0 saturated heterocycles. The molecule has 1 N–H and O–H groups in total. The van der Waals surface area contributed by atoms with Crippen LogP contribution in [0.5, 0.6) is 0 Å². The molecule has 0 aliphatic heterocycles. The van der Waals surface area contributed by atoms with Gasteiger partial charge in [0.1, 0.15) is 0 Å². The van der Waals surface area contributed by atoms with Crippen LogP contribution in [0, 0.1) is 17.0 Å². The molecule has 0 aliphatic carbocycles. The zero-order valence-electron chi connectivity index (χ0n) is 14.2. The van der Waals surface area contributed by atoms with Crippen molar-refractivity contribution in [1.29, 1.82) is 0 Å². The lowest BCUT2D eigenvalue weighted by molar-refractivity contribution is -0.385. The summed E-state index contributed by atoms with van der Waals surface area (Å²) in [6.45, 7) is 2.73. The first kappa shape index (κ1) is 19.4. The van der Waals surface area contributed by atoms with Crippen molar-refractivity contribution < 1.29 is 19.2 Å². The zero-order chi connectivity index (χ0) is 19.3. The molecule has 2 rings (SSSR count). The molecule has 0 aliphatic rings. The van der Waals surface area contributed by atoms with Crippen LogP contribution in [-0.4, -0.2) is 23.4 Å². The molecule has 0 bridgehead atoms. The van der Waals surface area contributed by atoms with Gasteiger partial charge in [-0.3, -0.25) is 14.9 Å². The minimum Gasteiger partial charge on any atom is -0.452 e. The van der Waals surface area contributed by atoms with Crippen LogP contribution in [0.3, 0.4) is 0 Å². The molecule has 0 aromatic heterocycles. The number of benzene rings is 2. The number of nitro benzene ring substituents is 1. The highest BCUT2D eigenvalue weighted by atomic mass is 35.5. The van der Waals surface area contributed by atoms with Gasteiger partial charge in [0.2, 0.25) is 0 Å². The second kappa shape index (κ2) is 8.44. The average molecular weight is 377 g/mol. The standard InChI is InChI=1S/C18H17ClN2O5/c1-11-15(7-4-8-16(11)21(24)25)18(23)26-10-17(22)20-12(2)13-5-3-6-14(19)9-13/h3-9,12H,10H2,1-2H3,(H,20,22)/t12-/m0/s1. The Morgan fingerprint density at radius 2 is 1.96 bits per heavy atom. The summed E-state index contributed by atoms with van der Waals surface area (Å²) in [4.78, 5) is 34.4. The third-order valence-corrected chi connectivity index (χ3v) is 4.02. The number of esters is 1. The Kier molecular flexibility index (Phi) is 6.30. The summed E-state index contributed by atoms with van der Waals surface area (Å²) in [6, 6.07) is 10.8. The van der Waals surface area contributed by atoms with E-state index in [4.69, 9.17) is 16.3 Å². The number of hydrogen-bond donors (Lipinski definition) is 1. The van der Waals surface area contributed by atoms with Gasteiger partial charge in [0, 0.05) is 16.7 Å². The number of hydrogen-bond acceptors (Lipinski definition) is 5. The van der Waals surface area contributed by atoms with Gasteiger partial charge in [-0.2, -0.15) is 0 Å². The van der Waals surface area contributed by atoms with E-state index in [0.29, 0.717) is 5.02 Å². The van der Waals surface area contributed by atoms with Gasteiger partial charge in [-0.25, -0.2) is 4.79 Å². The first-order chi connectivity index (χ1) is 12.3. The van der Waals surface area contributed by atoms with Gasteiger partial charge in [0.15, 0.2) is 6.61 Å². The van der Waals surface area contributed by atoms with E-state index < -0.39 is 23.4 Å². The van der Waals surface area contributed by atoms with Gasteiger partial charge in [0.05, 0.1) is 16.5 Å². The number of halogens is 1. The van der Waals surface area contributed by atoms with Crippen LogP contribution in [0.15, 0.2) is 42.5 Å². The minimum absolute atomic E-state index is 0.0508. The van der Waals surface area contributed by atoms with E-state index in [1.807, 2.05) is 6.07 Å². The first-order valence-corrected chi connectivity index (χ1v) is 8.13. The van der Waals surface area contributed by atoms with Gasteiger partial charge in [-0.15, -0.1) is 0 Å². The number of nitrogens with one attached hydrogen (secondary N) is 1. The number of nitro groups is 1. The number of ether oxygens (including phenoxy) is 1. The first-order valence-electron chi connectivity index (χ1n) is 7.75. The predicted octanol–water partition coefficient (Wildman–Crippen LogP) is 3.59. The normalized spacial score (nSPS) is 11.5. The SMILES string of the molecule is Cc1c(C(=O)OCC(=O)N[C@@H](C)c2cccc(Cl)c2)cccc1[N+](=O)[O-]. The highest BCUT2D eigenvalue weighted by molar-refractivity contribution is 6.30. The van der Waals surface area contributed by atoms with Crippen LogP contribution in [0.4, 0.5) is 5.69 Å². The van der Waals surface area contributed by atoms with Crippen LogP contribution in [0.25, 0.3) is 0 Å². The van der Waals surface area contributed by atoms with Crippen LogP contribution >= 0.6 is 11.6 Å². The van der Waals surface area contributed by atoms with Gasteiger partial charge in [-0.1, -0.05) is 29.8 Å². The molecular weight excluding hydrogens is 360 g/mol. The third kappa shape index (κ3) is 4.80. The number of nitrogens with zero attached hydrogens (tertiary/aromatic N) is 1. The quantitative estimate of drug-likeness (QED) is 0.472. The van der Waals surface area contributed by atoms with E-state index >= 15 is 0 Å². The molecule has 0 unspecified atom stereocenters. The fraction of sp³-hybridized carbons (Fsp3) is 0.222. The Hall–Kier alpha value is -2.93. The van der Waals surface area contributed by atoms with Crippen molar-refractivity contribution in [2.45, 2.75) is 19.9 Å². The summed E-state index contributed by atoms with van der Waals surface area (Å²) in [5.41, 5.74) is 0.871. The van der Waals surface area contributed by atoms with E-state index in [1.54, 1.807) is 25.1 Å². The van der Waals surface area contributed by atoms with Gasteiger partial charge in [0.25, 0.3) is 11.6 Å². The average Bonchev–Trinajstić information content (AvgIpc) is 2.59. The maximum atomic E-state index is 12.1. The molecule has 0 heterocycles. The molecule has 26 heavy (non-hydrogen) atoms. The third-order valence-electron chi connectivity index (χ3n) is 3.78. The molecule has 0 fully saturated rings. The van der Waals surface area contributed by atoms with E-state index in [1.165, 1.54) is 25.1 Å². The smallest absolute Gasteiger partial charge is 0.339 e. The van der Waals surface area contributed by atoms with E-state index in [-0.39, 0.29) is 22.9 Å². The van der Waals surface area contributed by atoms with Crippen molar-refractivity contribution in [3.8, 4) is 0 Å². The maximum Gasteiger partial charge on any atom is 0.339 e. The Bertz CT molecular complexity index is 853. The van der Waals surface area contributed by atoms with Gasteiger partial charge < -0.3 is 10.1 Å². The van der Waals surface area contributed by atoms with Gasteiger partial charge in [-0.05, 0) is 37.6 Å². The van der Waals surface area contributed by atoms with E-state index in [9.17, 15) is 19.7 Å². The van der Waals surface area contributed by atoms with Crippen molar-refractivity contribution >= 4 is 29.2 Å². The van der Waals surface area contributed by atoms with E-state index in [0.717, 1.165) is 5.56 Å². The lowest BCUT2D eigenvalue weighted by Crippen LogP contribution is -2.31. The van der Waals surface area contributed by atoms with Crippen LogP contribution < -0.4 is 5.32 Å². The molecule has 1 atom stereocenters. The molecule has 0 spiro atoms. The fourth-order valence-corrected chi connectivity index (χ4v) is 2.59. The molecule has 7 nitrogen and oxygen atoms in total. The molecule has 0 saturated carbocycles. The van der Waals surface area contributed by atoms with Crippen molar-refractivity contribution in [2.75, 3.05) is 6.61 Å². The molecule has 136 valence electrons. The monoisotopic (exact) mass is 376 g/mol. The van der Waals surface area contributed by atoms with Crippen LogP contribution in [-0.2, 0) is 9.53 Å². The summed E-state index contributed by atoms with van der Waals surface area (Å²) < 4.78 is 4.97. The summed E-state index contributed by atoms with van der Waals surface area (Å²) in [6.07, 6.45) is 0. The summed E-state index contributed by atoms with van der Waals surface area (Å²) in [5, 5.41) is 14.2. The Balaban J connectivity index is 1.96. The minimum atomic E-state index is -0.795. The molecule has 2 aromatic carbocycles. The molecule has 8 heteroatoms. The molecule has 1 amide bonds. The highest BCUT2D eigenvalue weighted by Gasteiger charge is 2.20. The van der Waals surface area contributed by atoms with Crippen molar-refractivity contribution in [3.63, 3.8) is 0 Å². The Morgan fingerprint density at radius 1 is 1.27 bits per heavy atom. The zero-order valence-corrected chi connectivity index (χ0v) is 14.9. The van der Waals surface area contributed by atoms with Crippen molar-refractivity contribution in [1.82, 2.24) is 5.32 Å². The lowest BCUT2D eigenvalue weighted by atomic mass is 10.1. The predicted molar refractivity (Wildman–Crippen MR) is 96.1 cm³/mol. The molecule has 0 radical (unpaired) electrons. The number of rotatable bonds is 6. The van der Waals surface area contributed by atoms with Crippen LogP contribution in [0.1, 0.15) is 34.5 Å². The highest BCUT2D eigenvalue weighted by Crippen LogP contribution is 2.21. The molecular formula is C18H17ClN2O5. The van der Waals surface area contributed by atoms with Crippen molar-refractivity contribution in [3.05, 3.63) is 74.3 Å². The lowest BCUT2D eigenvalue weighted by Gasteiger charge is -2.15. The van der Waals surface area contributed by atoms with Crippen molar-refractivity contribution in [2.24, 2.45) is 0 Å². The van der Waals surface area contributed by atoms with E-state index in [2.05, 4.69) is 5.32 Å². The maximum absolute atomic E-state index is 12.1. The summed E-state index contributed by atoms with van der Waals surface area (Å²) in [5.74, 6) is -1.29. The number of carbonyl (C=O) groups is 2. The summed E-state index contributed by atoms with van der Waals surface area (Å²) in [7, 11) is 0. The topological polar surface area (TPSA) is 98.5 Å². The number of carbonyl (C=O) groups excluding carboxylic acids is 2. The fourth-order valence-electron chi connectivity index (χ4n) is 2.39. The Labute approximate surface area is 155 Å². The van der Waals surface area contributed by atoms with Crippen LogP contribution in [0.2, 0.25) is 5.02 Å². The Morgan fingerprint density at radius 3 is 2.62 bits per heavy atom. The summed E-state index contributed by atoms with van der Waals surface area (Å²) >= 11 is 5.92. The van der Waals surface area contributed by atoms with Gasteiger partial charge >= 0.3 is 5.97 Å². The molecule has 2 aromatic rings. The number of amides is 1. The largest absolute Gasteiger partial charge is 0.452 e. The second-order valence-corrected chi connectivity index (χ2v) is 6.06. The second-order valence-electron chi connectivity index (χ2n) is 5.63.